The number of pyridine rings is 1. The Balaban J connectivity index is 1.67. The predicted octanol–water partition coefficient (Wildman–Crippen LogP) is 2.49. The van der Waals surface area contributed by atoms with Crippen LogP contribution in [0.25, 0.3) is 10.9 Å². The first kappa shape index (κ1) is 12.9. The van der Waals surface area contributed by atoms with Gasteiger partial charge in [-0.1, -0.05) is 0 Å². The molecule has 0 amide bonds. The molecule has 4 rings (SSSR count). The van der Waals surface area contributed by atoms with E-state index < -0.39 is 0 Å². The molecule has 2 unspecified atom stereocenters. The van der Waals surface area contributed by atoms with Gasteiger partial charge in [0.15, 0.2) is 0 Å². The number of nitrogen functional groups attached to an aromatic ring is 1. The highest BCUT2D eigenvalue weighted by molar-refractivity contribution is 5.83. The van der Waals surface area contributed by atoms with Crippen LogP contribution in [0.2, 0.25) is 0 Å². The van der Waals surface area contributed by atoms with Crippen molar-refractivity contribution in [3.8, 4) is 0 Å². The van der Waals surface area contributed by atoms with Gasteiger partial charge in [-0.25, -0.2) is 4.98 Å². The highest BCUT2D eigenvalue weighted by Crippen LogP contribution is 2.29. The molecule has 0 radical (unpaired) electrons. The van der Waals surface area contributed by atoms with Gasteiger partial charge in [-0.05, 0) is 56.6 Å². The van der Waals surface area contributed by atoms with Crippen LogP contribution in [0.3, 0.4) is 0 Å². The van der Waals surface area contributed by atoms with Crippen molar-refractivity contribution >= 4 is 22.4 Å². The number of hydrogen-bond donors (Lipinski definition) is 1. The molecule has 4 nitrogen and oxygen atoms in total. The van der Waals surface area contributed by atoms with E-state index in [0.29, 0.717) is 12.1 Å². The Kier molecular flexibility index (Phi) is 3.00. The number of anilines is 2. The van der Waals surface area contributed by atoms with Crippen LogP contribution in [0, 0.1) is 0 Å². The lowest BCUT2D eigenvalue weighted by molar-refractivity contribution is 0.202. The van der Waals surface area contributed by atoms with Crippen molar-refractivity contribution in [2.45, 2.75) is 31.8 Å². The normalized spacial score (nSPS) is 26.2. The Morgan fingerprint density at radius 2 is 2.10 bits per heavy atom. The fourth-order valence-electron chi connectivity index (χ4n) is 3.80. The number of rotatable bonds is 1. The van der Waals surface area contributed by atoms with Gasteiger partial charge in [-0.3, -0.25) is 4.90 Å². The maximum atomic E-state index is 5.84. The lowest BCUT2D eigenvalue weighted by Crippen LogP contribution is -2.55. The smallest absolute Gasteiger partial charge is 0.129 e. The average molecular weight is 282 g/mol. The molecule has 2 aromatic rings. The van der Waals surface area contributed by atoms with Crippen LogP contribution < -0.4 is 10.6 Å². The first-order valence-corrected chi connectivity index (χ1v) is 7.88. The predicted molar refractivity (Wildman–Crippen MR) is 87.6 cm³/mol. The Bertz CT molecular complexity index is 669. The van der Waals surface area contributed by atoms with E-state index in [-0.39, 0.29) is 0 Å². The molecule has 2 atom stereocenters. The van der Waals surface area contributed by atoms with Gasteiger partial charge < -0.3 is 10.6 Å². The van der Waals surface area contributed by atoms with Gasteiger partial charge in [0.2, 0.25) is 0 Å². The number of fused-ring (bicyclic) bond motifs is 2. The third-order valence-electron chi connectivity index (χ3n) is 4.93. The summed E-state index contributed by atoms with van der Waals surface area (Å²) in [7, 11) is 0. The summed E-state index contributed by atoms with van der Waals surface area (Å²) < 4.78 is 0. The number of nitrogens with two attached hydrogens (primary N) is 1. The molecule has 3 heterocycles. The number of hydrogen-bond acceptors (Lipinski definition) is 4. The van der Waals surface area contributed by atoms with Crippen molar-refractivity contribution in [2.75, 3.05) is 30.3 Å². The molecule has 0 saturated carbocycles. The first-order valence-electron chi connectivity index (χ1n) is 7.88. The Morgan fingerprint density at radius 1 is 1.19 bits per heavy atom. The third-order valence-corrected chi connectivity index (χ3v) is 4.93. The molecule has 4 heteroatoms. The minimum Gasteiger partial charge on any atom is -0.399 e. The number of piperazine rings is 1. The molecular formula is C17H22N4. The largest absolute Gasteiger partial charge is 0.399 e. The minimum absolute atomic E-state index is 0.526. The zero-order chi connectivity index (χ0) is 14.4. The van der Waals surface area contributed by atoms with E-state index in [1.807, 2.05) is 18.2 Å². The first-order chi connectivity index (χ1) is 10.2. The second-order valence-corrected chi connectivity index (χ2v) is 6.41. The third kappa shape index (κ3) is 2.23. The summed E-state index contributed by atoms with van der Waals surface area (Å²) in [5.74, 6) is 1.10. The van der Waals surface area contributed by atoms with Crippen LogP contribution in [-0.4, -0.2) is 41.6 Å². The molecule has 21 heavy (non-hydrogen) atoms. The van der Waals surface area contributed by atoms with Crippen molar-refractivity contribution in [2.24, 2.45) is 0 Å². The Hall–Kier alpha value is -1.81. The molecule has 2 N–H and O–H groups in total. The van der Waals surface area contributed by atoms with Crippen LogP contribution in [0.5, 0.6) is 0 Å². The van der Waals surface area contributed by atoms with Gasteiger partial charge in [-0.15, -0.1) is 0 Å². The van der Waals surface area contributed by atoms with Gasteiger partial charge in [0, 0.05) is 36.2 Å². The summed E-state index contributed by atoms with van der Waals surface area (Å²) in [6.07, 6.45) is 2.67. The molecule has 2 aliphatic heterocycles. The average Bonchev–Trinajstić information content (AvgIpc) is 2.93. The summed E-state index contributed by atoms with van der Waals surface area (Å²) in [5.41, 5.74) is 7.67. The van der Waals surface area contributed by atoms with Crippen LogP contribution in [0.4, 0.5) is 11.5 Å². The van der Waals surface area contributed by atoms with Gasteiger partial charge in [0.25, 0.3) is 0 Å². The van der Waals surface area contributed by atoms with Crippen LogP contribution in [-0.2, 0) is 0 Å². The summed E-state index contributed by atoms with van der Waals surface area (Å²) >= 11 is 0. The highest BCUT2D eigenvalue weighted by atomic mass is 15.3. The Labute approximate surface area is 125 Å². The topological polar surface area (TPSA) is 45.4 Å². The quantitative estimate of drug-likeness (QED) is 0.816. The maximum absolute atomic E-state index is 5.84. The number of benzene rings is 1. The monoisotopic (exact) mass is 282 g/mol. The molecule has 2 aliphatic rings. The van der Waals surface area contributed by atoms with Crippen LogP contribution >= 0.6 is 0 Å². The molecule has 2 saturated heterocycles. The second kappa shape index (κ2) is 4.88. The molecule has 2 fully saturated rings. The van der Waals surface area contributed by atoms with Crippen molar-refractivity contribution in [1.29, 1.82) is 0 Å². The maximum Gasteiger partial charge on any atom is 0.129 e. The fraction of sp³-hybridized carbons (Fsp3) is 0.471. The van der Waals surface area contributed by atoms with Crippen LogP contribution in [0.1, 0.15) is 19.8 Å². The van der Waals surface area contributed by atoms with Gasteiger partial charge in [0.1, 0.15) is 5.82 Å². The SMILES string of the molecule is CC1CN2CCCC2CN1c1ccc2cc(N)ccc2n1. The van der Waals surface area contributed by atoms with E-state index in [1.54, 1.807) is 0 Å². The fourth-order valence-corrected chi connectivity index (χ4v) is 3.80. The standard InChI is InChI=1S/C17H22N4/c1-12-10-20-8-2-3-15(20)11-21(12)17-7-4-13-9-14(18)5-6-16(13)19-17/h4-7,9,12,15H,2-3,8,10-11,18H2,1H3. The zero-order valence-corrected chi connectivity index (χ0v) is 12.5. The highest BCUT2D eigenvalue weighted by Gasteiger charge is 2.34. The van der Waals surface area contributed by atoms with Gasteiger partial charge in [0.05, 0.1) is 5.52 Å². The molecular weight excluding hydrogens is 260 g/mol. The van der Waals surface area contributed by atoms with Crippen molar-refractivity contribution in [3.05, 3.63) is 30.3 Å². The van der Waals surface area contributed by atoms with E-state index >= 15 is 0 Å². The lowest BCUT2D eigenvalue weighted by atomic mass is 10.1. The van der Waals surface area contributed by atoms with Gasteiger partial charge in [-0.2, -0.15) is 0 Å². The van der Waals surface area contributed by atoms with E-state index in [9.17, 15) is 0 Å². The summed E-state index contributed by atoms with van der Waals surface area (Å²) in [4.78, 5) is 9.97. The summed E-state index contributed by atoms with van der Waals surface area (Å²) in [6.45, 7) is 5.84. The number of nitrogens with zero attached hydrogens (tertiary/aromatic N) is 3. The number of aromatic nitrogens is 1. The summed E-state index contributed by atoms with van der Waals surface area (Å²) in [5, 5.41) is 1.12. The van der Waals surface area contributed by atoms with E-state index in [2.05, 4.69) is 28.9 Å². The molecule has 0 spiro atoms. The molecule has 0 aliphatic carbocycles. The van der Waals surface area contributed by atoms with Gasteiger partial charge >= 0.3 is 0 Å². The van der Waals surface area contributed by atoms with Crippen LogP contribution in [0.15, 0.2) is 30.3 Å². The molecule has 0 bridgehead atoms. The van der Waals surface area contributed by atoms with E-state index in [0.717, 1.165) is 35.5 Å². The van der Waals surface area contributed by atoms with Crippen molar-refractivity contribution in [1.82, 2.24) is 9.88 Å². The second-order valence-electron chi connectivity index (χ2n) is 6.41. The summed E-state index contributed by atoms with van der Waals surface area (Å²) in [6, 6.07) is 11.5. The van der Waals surface area contributed by atoms with Crippen molar-refractivity contribution in [3.63, 3.8) is 0 Å². The Morgan fingerprint density at radius 3 is 3.00 bits per heavy atom. The molecule has 1 aromatic carbocycles. The lowest BCUT2D eigenvalue weighted by Gasteiger charge is -2.43. The van der Waals surface area contributed by atoms with Crippen molar-refractivity contribution < 1.29 is 0 Å². The zero-order valence-electron chi connectivity index (χ0n) is 12.5. The molecule has 110 valence electrons. The van der Waals surface area contributed by atoms with E-state index in [1.165, 1.54) is 19.4 Å². The minimum atomic E-state index is 0.526. The molecule has 1 aromatic heterocycles. The van der Waals surface area contributed by atoms with E-state index in [4.69, 9.17) is 10.7 Å².